The minimum atomic E-state index is -0.258. The van der Waals surface area contributed by atoms with Gasteiger partial charge in [-0.25, -0.2) is 0 Å². The van der Waals surface area contributed by atoms with E-state index in [0.717, 1.165) is 24.7 Å². The van der Waals surface area contributed by atoms with E-state index in [4.69, 9.17) is 5.73 Å². The number of aldehydes is 1. The van der Waals surface area contributed by atoms with Crippen LogP contribution in [0.15, 0.2) is 35.5 Å². The van der Waals surface area contributed by atoms with Crippen LogP contribution in [-0.4, -0.2) is 11.8 Å². The molecule has 0 radical (unpaired) electrons. The molecule has 27 heavy (non-hydrogen) atoms. The van der Waals surface area contributed by atoms with E-state index in [0.29, 0.717) is 17.8 Å². The molecular weight excluding hydrogens is 330 g/mol. The molecule has 0 aromatic carbocycles. The fourth-order valence-corrected chi connectivity index (χ4v) is 4.61. The van der Waals surface area contributed by atoms with Crippen LogP contribution in [-0.2, 0) is 4.79 Å². The Morgan fingerprint density at radius 1 is 1.30 bits per heavy atom. The fourth-order valence-electron chi connectivity index (χ4n) is 4.61. The van der Waals surface area contributed by atoms with Crippen molar-refractivity contribution in [1.82, 2.24) is 0 Å². The van der Waals surface area contributed by atoms with Crippen LogP contribution in [0.4, 0.5) is 0 Å². The van der Waals surface area contributed by atoms with Crippen LogP contribution in [0, 0.1) is 16.7 Å². The Labute approximate surface area is 170 Å². The SMILES string of the molecule is C.C=C(C)/C=C(/C)C(C)(C)C1=CCC(C)(CC)C(CC)C1(C)N.CCC=O. The molecule has 0 fully saturated rings. The van der Waals surface area contributed by atoms with Gasteiger partial charge < -0.3 is 10.5 Å². The van der Waals surface area contributed by atoms with Gasteiger partial charge in [-0.05, 0) is 44.1 Å². The average Bonchev–Trinajstić information content (AvgIpc) is 2.53. The van der Waals surface area contributed by atoms with Crippen LogP contribution in [0.1, 0.15) is 95.4 Å². The van der Waals surface area contributed by atoms with Crippen LogP contribution in [0.3, 0.4) is 0 Å². The number of carbonyl (C=O) groups is 1. The number of nitrogens with two attached hydrogens (primary N) is 1. The Kier molecular flexibility index (Phi) is 11.4. The normalized spacial score (nSPS) is 28.3. The lowest BCUT2D eigenvalue weighted by molar-refractivity contribution is -0.107. The fraction of sp³-hybridized carbons (Fsp3) is 0.720. The van der Waals surface area contributed by atoms with E-state index in [9.17, 15) is 4.79 Å². The summed E-state index contributed by atoms with van der Waals surface area (Å²) in [5, 5.41) is 0. The third-order valence-electron chi connectivity index (χ3n) is 6.42. The Balaban J connectivity index is 0. The molecule has 2 heteroatoms. The maximum atomic E-state index is 9.17. The van der Waals surface area contributed by atoms with Crippen molar-refractivity contribution >= 4 is 6.29 Å². The van der Waals surface area contributed by atoms with Crippen molar-refractivity contribution < 1.29 is 4.79 Å². The first-order valence-corrected chi connectivity index (χ1v) is 10.1. The highest BCUT2D eigenvalue weighted by atomic mass is 16.1. The van der Waals surface area contributed by atoms with Crippen molar-refractivity contribution in [3.63, 3.8) is 0 Å². The highest BCUT2D eigenvalue weighted by Crippen LogP contribution is 2.54. The summed E-state index contributed by atoms with van der Waals surface area (Å²) in [6, 6.07) is 0. The smallest absolute Gasteiger partial charge is 0.119 e. The van der Waals surface area contributed by atoms with Crippen LogP contribution >= 0.6 is 0 Å². The Hall–Kier alpha value is -1.15. The van der Waals surface area contributed by atoms with Gasteiger partial charge >= 0.3 is 0 Å². The first-order valence-electron chi connectivity index (χ1n) is 10.1. The predicted octanol–water partition coefficient (Wildman–Crippen LogP) is 7.26. The van der Waals surface area contributed by atoms with Gasteiger partial charge in [-0.15, -0.1) is 0 Å². The molecule has 3 unspecified atom stereocenters. The van der Waals surface area contributed by atoms with Crippen LogP contribution in [0.25, 0.3) is 0 Å². The lowest BCUT2D eigenvalue weighted by atomic mass is 9.53. The third-order valence-corrected chi connectivity index (χ3v) is 6.42. The molecule has 158 valence electrons. The molecule has 2 nitrogen and oxygen atoms in total. The molecule has 1 aliphatic carbocycles. The van der Waals surface area contributed by atoms with Gasteiger partial charge in [0, 0.05) is 17.4 Å². The van der Waals surface area contributed by atoms with Gasteiger partial charge in [-0.1, -0.05) is 91.7 Å². The molecule has 0 heterocycles. The van der Waals surface area contributed by atoms with Crippen molar-refractivity contribution in [2.75, 3.05) is 0 Å². The zero-order chi connectivity index (χ0) is 20.8. The molecule has 0 aliphatic heterocycles. The predicted molar refractivity (Wildman–Crippen MR) is 123 cm³/mol. The van der Waals surface area contributed by atoms with E-state index in [-0.39, 0.29) is 18.4 Å². The standard InChI is InChI=1S/C21H37N.C3H6O.CH4/c1-10-17-20(8,11-2)13-12-18(21(17,9)22)19(6,7)16(5)14-15(3)4;1-2-3-4;/h12,14,17H,3,10-11,13,22H2,1-2,4-9H3;3H,2H2,1H3;1H4/b16-14-;;. The van der Waals surface area contributed by atoms with Gasteiger partial charge in [-0.3, -0.25) is 0 Å². The summed E-state index contributed by atoms with van der Waals surface area (Å²) >= 11 is 0. The second kappa shape index (κ2) is 11.0. The zero-order valence-corrected chi connectivity index (χ0v) is 18.8. The monoisotopic (exact) mass is 377 g/mol. The lowest BCUT2D eigenvalue weighted by Gasteiger charge is -2.54. The first-order chi connectivity index (χ1) is 11.8. The summed E-state index contributed by atoms with van der Waals surface area (Å²) in [4.78, 5) is 9.17. The van der Waals surface area contributed by atoms with Crippen molar-refractivity contribution in [1.29, 1.82) is 0 Å². The van der Waals surface area contributed by atoms with Crippen molar-refractivity contribution in [3.05, 3.63) is 35.5 Å². The van der Waals surface area contributed by atoms with Gasteiger partial charge in [0.25, 0.3) is 0 Å². The molecule has 2 N–H and O–H groups in total. The Morgan fingerprint density at radius 2 is 1.78 bits per heavy atom. The lowest BCUT2D eigenvalue weighted by Crippen LogP contribution is -2.57. The summed E-state index contributed by atoms with van der Waals surface area (Å²) in [6.45, 7) is 24.0. The molecule has 1 aliphatic rings. The minimum absolute atomic E-state index is 0. The molecule has 0 saturated heterocycles. The quantitative estimate of drug-likeness (QED) is 0.301. The van der Waals surface area contributed by atoms with E-state index in [1.165, 1.54) is 17.6 Å². The second-order valence-corrected chi connectivity index (χ2v) is 8.95. The van der Waals surface area contributed by atoms with Crippen molar-refractivity contribution in [2.24, 2.45) is 22.5 Å². The number of hydrogen-bond donors (Lipinski definition) is 1. The maximum Gasteiger partial charge on any atom is 0.119 e. The highest BCUT2D eigenvalue weighted by molar-refractivity contribution is 5.48. The summed E-state index contributed by atoms with van der Waals surface area (Å²) in [5.74, 6) is 0.516. The first kappa shape index (κ1) is 28.1. The van der Waals surface area contributed by atoms with Crippen LogP contribution in [0.5, 0.6) is 0 Å². The molecule has 1 rings (SSSR count). The van der Waals surface area contributed by atoms with E-state index in [1.54, 1.807) is 0 Å². The van der Waals surface area contributed by atoms with Crippen LogP contribution < -0.4 is 5.73 Å². The number of carbonyl (C=O) groups excluding carboxylic acids is 1. The van der Waals surface area contributed by atoms with E-state index < -0.39 is 0 Å². The van der Waals surface area contributed by atoms with Crippen molar-refractivity contribution in [3.8, 4) is 0 Å². The average molecular weight is 378 g/mol. The number of rotatable bonds is 6. The van der Waals surface area contributed by atoms with Crippen LogP contribution in [0.2, 0.25) is 0 Å². The summed E-state index contributed by atoms with van der Waals surface area (Å²) < 4.78 is 0. The van der Waals surface area contributed by atoms with Gasteiger partial charge in [0.1, 0.15) is 6.29 Å². The largest absolute Gasteiger partial charge is 0.322 e. The van der Waals surface area contributed by atoms with Gasteiger partial charge in [0.15, 0.2) is 0 Å². The minimum Gasteiger partial charge on any atom is -0.322 e. The van der Waals surface area contributed by atoms with Crippen molar-refractivity contribution in [2.45, 2.75) is 101 Å². The van der Waals surface area contributed by atoms with Gasteiger partial charge in [-0.2, -0.15) is 0 Å². The molecule has 0 saturated carbocycles. The van der Waals surface area contributed by atoms with E-state index >= 15 is 0 Å². The summed E-state index contributed by atoms with van der Waals surface area (Å²) in [6.07, 6.45) is 9.60. The third kappa shape index (κ3) is 6.45. The topological polar surface area (TPSA) is 43.1 Å². The molecule has 3 atom stereocenters. The summed E-state index contributed by atoms with van der Waals surface area (Å²) in [7, 11) is 0. The number of allylic oxidation sites excluding steroid dienone is 4. The maximum absolute atomic E-state index is 9.17. The van der Waals surface area contributed by atoms with E-state index in [2.05, 4.69) is 74.1 Å². The molecule has 0 spiro atoms. The zero-order valence-electron chi connectivity index (χ0n) is 18.8. The van der Waals surface area contributed by atoms with E-state index in [1.807, 2.05) is 6.92 Å². The molecule has 0 amide bonds. The molecular formula is C25H47NO. The van der Waals surface area contributed by atoms with Gasteiger partial charge in [0.05, 0.1) is 0 Å². The second-order valence-electron chi connectivity index (χ2n) is 8.95. The highest BCUT2D eigenvalue weighted by Gasteiger charge is 2.49. The molecule has 0 bridgehead atoms. The Bertz CT molecular complexity index is 551. The summed E-state index contributed by atoms with van der Waals surface area (Å²) in [5.41, 5.74) is 10.8. The Morgan fingerprint density at radius 3 is 2.11 bits per heavy atom. The number of hydrogen-bond acceptors (Lipinski definition) is 2. The molecule has 0 aromatic heterocycles. The molecule has 0 aromatic rings. The van der Waals surface area contributed by atoms with Gasteiger partial charge in [0.2, 0.25) is 0 Å².